The number of rotatable bonds is 10. The second-order valence-electron chi connectivity index (χ2n) is 9.68. The number of nitrogens with zero attached hydrogens (tertiary/aromatic N) is 2. The van der Waals surface area contributed by atoms with Gasteiger partial charge in [-0.3, -0.25) is 13.9 Å². The summed E-state index contributed by atoms with van der Waals surface area (Å²) in [5.74, 6) is -1.16. The van der Waals surface area contributed by atoms with E-state index in [0.717, 1.165) is 47.4 Å². The molecule has 1 aliphatic rings. The smallest absolute Gasteiger partial charge is 0.244 e. The molecule has 1 N–H and O–H groups in total. The van der Waals surface area contributed by atoms with Gasteiger partial charge in [0.05, 0.1) is 11.9 Å². The second kappa shape index (κ2) is 11.9. The predicted octanol–water partition coefficient (Wildman–Crippen LogP) is 4.07. The molecule has 1 saturated carbocycles. The normalized spacial score (nSPS) is 14.9. The van der Waals surface area contributed by atoms with Gasteiger partial charge >= 0.3 is 0 Å². The lowest BCUT2D eigenvalue weighted by Crippen LogP contribution is -2.53. The van der Waals surface area contributed by atoms with Crippen LogP contribution in [0.15, 0.2) is 42.5 Å². The minimum absolute atomic E-state index is 0.0557. The van der Waals surface area contributed by atoms with Gasteiger partial charge in [0.25, 0.3) is 0 Å². The number of hydrogen-bond acceptors (Lipinski definition) is 4. The third-order valence-electron chi connectivity index (χ3n) is 6.53. The van der Waals surface area contributed by atoms with Crippen molar-refractivity contribution in [3.8, 4) is 0 Å². The molecule has 2 aromatic rings. The molecule has 1 unspecified atom stereocenters. The molecule has 0 bridgehead atoms. The van der Waals surface area contributed by atoms with Crippen LogP contribution in [0.2, 0.25) is 0 Å². The van der Waals surface area contributed by atoms with Crippen LogP contribution >= 0.6 is 0 Å². The summed E-state index contributed by atoms with van der Waals surface area (Å²) in [6.07, 6.45) is 5.34. The summed E-state index contributed by atoms with van der Waals surface area (Å²) in [5, 5.41) is 3.07. The fourth-order valence-electron chi connectivity index (χ4n) is 4.78. The first kappa shape index (κ1) is 27.6. The number of amides is 2. The summed E-state index contributed by atoms with van der Waals surface area (Å²) >= 11 is 0. The topological polar surface area (TPSA) is 86.8 Å². The van der Waals surface area contributed by atoms with Crippen molar-refractivity contribution in [1.29, 1.82) is 0 Å². The van der Waals surface area contributed by atoms with Gasteiger partial charge < -0.3 is 10.2 Å². The zero-order chi connectivity index (χ0) is 26.5. The molecule has 0 radical (unpaired) electrons. The number of hydrogen-bond donors (Lipinski definition) is 1. The minimum Gasteiger partial charge on any atom is -0.352 e. The van der Waals surface area contributed by atoms with Gasteiger partial charge in [-0.25, -0.2) is 12.8 Å². The summed E-state index contributed by atoms with van der Waals surface area (Å²) in [5.41, 5.74) is 2.79. The average Bonchev–Trinajstić information content (AvgIpc) is 3.30. The van der Waals surface area contributed by atoms with Crippen LogP contribution in [0.5, 0.6) is 0 Å². The summed E-state index contributed by atoms with van der Waals surface area (Å²) in [4.78, 5) is 28.4. The highest BCUT2D eigenvalue weighted by Gasteiger charge is 2.33. The Morgan fingerprint density at radius 1 is 1.06 bits per heavy atom. The van der Waals surface area contributed by atoms with E-state index in [4.69, 9.17) is 0 Å². The van der Waals surface area contributed by atoms with Gasteiger partial charge in [0, 0.05) is 12.6 Å². The lowest BCUT2D eigenvalue weighted by molar-refractivity contribution is -0.140. The van der Waals surface area contributed by atoms with Gasteiger partial charge in [-0.1, -0.05) is 38.0 Å². The van der Waals surface area contributed by atoms with Crippen LogP contribution in [0, 0.1) is 19.7 Å². The first-order valence-corrected chi connectivity index (χ1v) is 14.2. The Labute approximate surface area is 213 Å². The predicted molar refractivity (Wildman–Crippen MR) is 140 cm³/mol. The lowest BCUT2D eigenvalue weighted by atomic mass is 10.1. The van der Waals surface area contributed by atoms with Gasteiger partial charge in [-0.15, -0.1) is 0 Å². The van der Waals surface area contributed by atoms with Crippen molar-refractivity contribution in [2.75, 3.05) is 17.1 Å². The van der Waals surface area contributed by atoms with Gasteiger partial charge in [-0.2, -0.15) is 0 Å². The largest absolute Gasteiger partial charge is 0.352 e. The van der Waals surface area contributed by atoms with Crippen molar-refractivity contribution < 1.29 is 22.4 Å². The highest BCUT2D eigenvalue weighted by Crippen LogP contribution is 2.23. The molecular weight excluding hydrogens is 481 g/mol. The molecule has 1 aliphatic carbocycles. The van der Waals surface area contributed by atoms with Crippen molar-refractivity contribution >= 4 is 27.5 Å². The Morgan fingerprint density at radius 2 is 1.64 bits per heavy atom. The second-order valence-corrected chi connectivity index (χ2v) is 11.6. The van der Waals surface area contributed by atoms with Gasteiger partial charge in [0.2, 0.25) is 21.8 Å². The Hall–Kier alpha value is -2.94. The van der Waals surface area contributed by atoms with Gasteiger partial charge in [0.1, 0.15) is 18.4 Å². The van der Waals surface area contributed by atoms with E-state index in [-0.39, 0.29) is 18.5 Å². The summed E-state index contributed by atoms with van der Waals surface area (Å²) in [6, 6.07) is 10.4. The molecule has 2 amide bonds. The SMILES string of the molecule is CCC(C(=O)NC1CCCC1)N(Cc1ccc(F)cc1)C(=O)CN(c1cc(C)cc(C)c1)S(C)(=O)=O. The first-order chi connectivity index (χ1) is 17.0. The van der Waals surface area contributed by atoms with E-state index in [1.807, 2.05) is 26.8 Å². The Morgan fingerprint density at radius 3 is 2.17 bits per heavy atom. The third kappa shape index (κ3) is 7.29. The zero-order valence-electron chi connectivity index (χ0n) is 21.5. The van der Waals surface area contributed by atoms with Crippen molar-refractivity contribution in [2.45, 2.75) is 71.5 Å². The van der Waals surface area contributed by atoms with Crippen LogP contribution in [0.3, 0.4) is 0 Å². The number of carbonyl (C=O) groups excluding carboxylic acids is 2. The standard InChI is InChI=1S/C27H36FN3O4S/c1-5-25(27(33)29-23-8-6-7-9-23)30(17-21-10-12-22(28)13-11-21)26(32)18-31(36(4,34)35)24-15-19(2)14-20(3)16-24/h10-16,23,25H,5-9,17-18H2,1-4H3,(H,29,33). The number of aryl methyl sites for hydroxylation is 2. The third-order valence-corrected chi connectivity index (χ3v) is 7.67. The monoisotopic (exact) mass is 517 g/mol. The van der Waals surface area contributed by atoms with Crippen molar-refractivity contribution in [3.05, 3.63) is 65.0 Å². The molecule has 36 heavy (non-hydrogen) atoms. The van der Waals surface area contributed by atoms with Crippen LogP contribution in [0.1, 0.15) is 55.7 Å². The summed E-state index contributed by atoms with van der Waals surface area (Å²) < 4.78 is 40.1. The molecule has 0 spiro atoms. The fourth-order valence-corrected chi connectivity index (χ4v) is 5.62. The Balaban J connectivity index is 1.93. The minimum atomic E-state index is -3.79. The molecule has 196 valence electrons. The van der Waals surface area contributed by atoms with Crippen molar-refractivity contribution in [3.63, 3.8) is 0 Å². The summed E-state index contributed by atoms with van der Waals surface area (Å²) in [6.45, 7) is 5.15. The number of sulfonamides is 1. The number of anilines is 1. The molecule has 3 rings (SSSR count). The molecule has 0 aliphatic heterocycles. The molecule has 1 fully saturated rings. The van der Waals surface area contributed by atoms with Crippen LogP contribution in [0.25, 0.3) is 0 Å². The molecule has 0 saturated heterocycles. The van der Waals surface area contributed by atoms with Crippen molar-refractivity contribution in [2.24, 2.45) is 0 Å². The van der Waals surface area contributed by atoms with E-state index >= 15 is 0 Å². The van der Waals surface area contributed by atoms with Gasteiger partial charge in [-0.05, 0) is 74.1 Å². The fraction of sp³-hybridized carbons (Fsp3) is 0.481. The molecule has 9 heteroatoms. The molecule has 1 atom stereocenters. The number of halogens is 1. The molecule has 0 aromatic heterocycles. The molecule has 7 nitrogen and oxygen atoms in total. The van der Waals surface area contributed by atoms with Crippen LogP contribution < -0.4 is 9.62 Å². The van der Waals surface area contributed by atoms with Gasteiger partial charge in [0.15, 0.2) is 0 Å². The first-order valence-electron chi connectivity index (χ1n) is 12.4. The maximum atomic E-state index is 13.7. The maximum Gasteiger partial charge on any atom is 0.244 e. The quantitative estimate of drug-likeness (QED) is 0.515. The number of nitrogens with one attached hydrogen (secondary N) is 1. The van der Waals surface area contributed by atoms with Crippen LogP contribution in [-0.2, 0) is 26.2 Å². The lowest BCUT2D eigenvalue weighted by Gasteiger charge is -2.33. The average molecular weight is 518 g/mol. The highest BCUT2D eigenvalue weighted by atomic mass is 32.2. The van der Waals surface area contributed by atoms with E-state index in [1.165, 1.54) is 17.0 Å². The van der Waals surface area contributed by atoms with Crippen molar-refractivity contribution in [1.82, 2.24) is 10.2 Å². The van der Waals surface area contributed by atoms with Crippen LogP contribution in [-0.4, -0.2) is 50.0 Å². The zero-order valence-corrected chi connectivity index (χ0v) is 22.3. The Kier molecular flexibility index (Phi) is 9.11. The maximum absolute atomic E-state index is 13.7. The highest BCUT2D eigenvalue weighted by molar-refractivity contribution is 7.92. The number of benzene rings is 2. The van der Waals surface area contributed by atoms with E-state index in [9.17, 15) is 22.4 Å². The molecule has 2 aromatic carbocycles. The van der Waals surface area contributed by atoms with E-state index in [1.54, 1.807) is 24.3 Å². The molecular formula is C27H36FN3O4S. The summed E-state index contributed by atoms with van der Waals surface area (Å²) in [7, 11) is -3.79. The number of carbonyl (C=O) groups is 2. The molecule has 0 heterocycles. The van der Waals surface area contributed by atoms with E-state index in [2.05, 4.69) is 5.32 Å². The van der Waals surface area contributed by atoms with E-state index in [0.29, 0.717) is 17.7 Å². The van der Waals surface area contributed by atoms with Crippen LogP contribution in [0.4, 0.5) is 10.1 Å². The van der Waals surface area contributed by atoms with E-state index < -0.39 is 34.3 Å². The Bertz CT molecular complexity index is 1160.